The topological polar surface area (TPSA) is 64.4 Å². The number of hydrogen-bond donors (Lipinski definition) is 1. The lowest BCUT2D eigenvalue weighted by Crippen LogP contribution is -2.38. The van der Waals surface area contributed by atoms with Gasteiger partial charge in [0.25, 0.3) is 0 Å². The van der Waals surface area contributed by atoms with Gasteiger partial charge in [-0.2, -0.15) is 5.26 Å². The normalized spacial score (nSPS) is 17.3. The molecule has 0 aliphatic carbocycles. The van der Waals surface area contributed by atoms with Crippen LogP contribution in [-0.2, 0) is 24.2 Å². The molecule has 3 heterocycles. The molecule has 0 atom stereocenters. The molecule has 0 bridgehead atoms. The highest BCUT2D eigenvalue weighted by Crippen LogP contribution is 2.33. The summed E-state index contributed by atoms with van der Waals surface area (Å²) in [5, 5.41) is 13.4. The first-order valence-electron chi connectivity index (χ1n) is 9.51. The van der Waals surface area contributed by atoms with Crippen molar-refractivity contribution in [2.45, 2.75) is 19.5 Å². The third-order valence-electron chi connectivity index (χ3n) is 5.29. The van der Waals surface area contributed by atoms with Crippen LogP contribution in [0.15, 0.2) is 30.3 Å². The van der Waals surface area contributed by atoms with Gasteiger partial charge < -0.3 is 19.9 Å². The van der Waals surface area contributed by atoms with E-state index in [4.69, 9.17) is 9.72 Å². The zero-order valence-corrected chi connectivity index (χ0v) is 15.7. The van der Waals surface area contributed by atoms with E-state index in [-0.39, 0.29) is 0 Å². The Morgan fingerprint density at radius 2 is 1.93 bits per heavy atom. The van der Waals surface area contributed by atoms with Gasteiger partial charge in [-0.1, -0.05) is 30.3 Å². The largest absolute Gasteiger partial charge is 0.378 e. The molecule has 0 amide bonds. The summed E-state index contributed by atoms with van der Waals surface area (Å²) in [7, 11) is 2.12. The van der Waals surface area contributed by atoms with Crippen LogP contribution in [0.3, 0.4) is 0 Å². The standard InChI is InChI=1S/C21H25N5O/c1-25-8-7-17-18(13-22)21(26-9-11-27-12-10-26)24-20(19(17)15-25)23-14-16-5-3-2-4-6-16/h2-6H,7-12,14-15H2,1H3,(H,23,24). The van der Waals surface area contributed by atoms with Crippen LogP contribution in [0.5, 0.6) is 0 Å². The van der Waals surface area contributed by atoms with E-state index in [1.54, 1.807) is 0 Å². The number of nitrogens with zero attached hydrogens (tertiary/aromatic N) is 4. The van der Waals surface area contributed by atoms with Gasteiger partial charge in [-0.3, -0.25) is 0 Å². The van der Waals surface area contributed by atoms with Crippen LogP contribution >= 0.6 is 0 Å². The lowest BCUT2D eigenvalue weighted by Gasteiger charge is -2.33. The first kappa shape index (κ1) is 17.8. The number of fused-ring (bicyclic) bond motifs is 1. The van der Waals surface area contributed by atoms with E-state index in [9.17, 15) is 5.26 Å². The van der Waals surface area contributed by atoms with Gasteiger partial charge in [0, 0.05) is 38.3 Å². The highest BCUT2D eigenvalue weighted by Gasteiger charge is 2.27. The Kier molecular flexibility index (Phi) is 5.23. The molecular formula is C21H25N5O. The molecule has 2 aromatic rings. The predicted molar refractivity (Wildman–Crippen MR) is 106 cm³/mol. The molecule has 27 heavy (non-hydrogen) atoms. The van der Waals surface area contributed by atoms with Crippen molar-refractivity contribution < 1.29 is 4.74 Å². The van der Waals surface area contributed by atoms with E-state index in [1.165, 1.54) is 5.56 Å². The number of ether oxygens (including phenoxy) is 1. The number of morpholine rings is 1. The Bertz CT molecular complexity index is 840. The summed E-state index contributed by atoms with van der Waals surface area (Å²) < 4.78 is 5.48. The van der Waals surface area contributed by atoms with Crippen LogP contribution in [0.25, 0.3) is 0 Å². The lowest BCUT2D eigenvalue weighted by atomic mass is 9.95. The highest BCUT2D eigenvalue weighted by molar-refractivity contribution is 5.67. The van der Waals surface area contributed by atoms with Crippen molar-refractivity contribution >= 4 is 11.6 Å². The third-order valence-corrected chi connectivity index (χ3v) is 5.29. The van der Waals surface area contributed by atoms with E-state index in [1.807, 2.05) is 18.2 Å². The molecule has 0 spiro atoms. The third kappa shape index (κ3) is 3.75. The van der Waals surface area contributed by atoms with Crippen LogP contribution in [0.4, 0.5) is 11.6 Å². The molecule has 0 radical (unpaired) electrons. The molecule has 1 aromatic heterocycles. The van der Waals surface area contributed by atoms with Crippen molar-refractivity contribution in [3.8, 4) is 6.07 Å². The van der Waals surface area contributed by atoms with Crippen molar-refractivity contribution in [3.05, 3.63) is 52.6 Å². The summed E-state index contributed by atoms with van der Waals surface area (Å²) in [4.78, 5) is 9.41. The van der Waals surface area contributed by atoms with E-state index in [2.05, 4.69) is 40.4 Å². The van der Waals surface area contributed by atoms with Gasteiger partial charge in [0.05, 0.1) is 18.8 Å². The molecule has 6 heteroatoms. The first-order valence-corrected chi connectivity index (χ1v) is 9.51. The minimum atomic E-state index is 0.680. The average molecular weight is 363 g/mol. The molecule has 2 aliphatic rings. The zero-order chi connectivity index (χ0) is 18.6. The van der Waals surface area contributed by atoms with Crippen LogP contribution in [-0.4, -0.2) is 49.8 Å². The smallest absolute Gasteiger partial charge is 0.149 e. The number of pyridine rings is 1. The average Bonchev–Trinajstić information content (AvgIpc) is 2.73. The number of aromatic nitrogens is 1. The Labute approximate surface area is 160 Å². The predicted octanol–water partition coefficient (Wildman–Crippen LogP) is 2.39. The Morgan fingerprint density at radius 1 is 1.15 bits per heavy atom. The molecule has 4 rings (SSSR count). The maximum atomic E-state index is 9.89. The first-order chi connectivity index (χ1) is 13.3. The van der Waals surface area contributed by atoms with Crippen LogP contribution in [0.1, 0.15) is 22.3 Å². The number of nitriles is 1. The summed E-state index contributed by atoms with van der Waals surface area (Å²) in [5.74, 6) is 1.71. The molecule has 140 valence electrons. The number of anilines is 2. The van der Waals surface area contributed by atoms with Gasteiger partial charge in [0.15, 0.2) is 0 Å². The van der Waals surface area contributed by atoms with E-state index in [0.29, 0.717) is 13.2 Å². The van der Waals surface area contributed by atoms with Crippen molar-refractivity contribution in [1.82, 2.24) is 9.88 Å². The SMILES string of the molecule is CN1CCc2c(C#N)c(N3CCOCC3)nc(NCc3ccccc3)c2C1. The number of likely N-dealkylation sites (N-methyl/N-ethyl adjacent to an activating group) is 1. The molecule has 0 saturated carbocycles. The molecule has 0 unspecified atom stereocenters. The Morgan fingerprint density at radius 3 is 2.67 bits per heavy atom. The molecule has 1 saturated heterocycles. The Balaban J connectivity index is 1.72. The fraction of sp³-hybridized carbons (Fsp3) is 0.429. The van der Waals surface area contributed by atoms with Gasteiger partial charge in [-0.15, -0.1) is 0 Å². The van der Waals surface area contributed by atoms with Crippen LogP contribution < -0.4 is 10.2 Å². The summed E-state index contributed by atoms with van der Waals surface area (Å²) in [6.07, 6.45) is 0.884. The summed E-state index contributed by atoms with van der Waals surface area (Å²) in [5.41, 5.74) is 4.27. The fourth-order valence-electron chi connectivity index (χ4n) is 3.81. The minimum Gasteiger partial charge on any atom is -0.378 e. The lowest BCUT2D eigenvalue weighted by molar-refractivity contribution is 0.122. The number of rotatable bonds is 4. The number of benzene rings is 1. The number of hydrogen-bond acceptors (Lipinski definition) is 6. The van der Waals surface area contributed by atoms with Crippen molar-refractivity contribution in [1.29, 1.82) is 5.26 Å². The second-order valence-corrected chi connectivity index (χ2v) is 7.15. The van der Waals surface area contributed by atoms with Crippen molar-refractivity contribution in [2.24, 2.45) is 0 Å². The van der Waals surface area contributed by atoms with E-state index >= 15 is 0 Å². The van der Waals surface area contributed by atoms with E-state index < -0.39 is 0 Å². The monoisotopic (exact) mass is 363 g/mol. The second-order valence-electron chi connectivity index (χ2n) is 7.15. The summed E-state index contributed by atoms with van der Waals surface area (Å²) >= 11 is 0. The zero-order valence-electron chi connectivity index (χ0n) is 15.7. The molecule has 1 aromatic carbocycles. The van der Waals surface area contributed by atoms with Gasteiger partial charge in [-0.25, -0.2) is 4.98 Å². The molecule has 6 nitrogen and oxygen atoms in total. The highest BCUT2D eigenvalue weighted by atomic mass is 16.5. The molecular weight excluding hydrogens is 338 g/mol. The fourth-order valence-corrected chi connectivity index (χ4v) is 3.81. The van der Waals surface area contributed by atoms with Crippen molar-refractivity contribution in [3.63, 3.8) is 0 Å². The van der Waals surface area contributed by atoms with Gasteiger partial charge >= 0.3 is 0 Å². The van der Waals surface area contributed by atoms with Crippen LogP contribution in [0.2, 0.25) is 0 Å². The quantitative estimate of drug-likeness (QED) is 0.900. The molecule has 1 N–H and O–H groups in total. The molecule has 2 aliphatic heterocycles. The van der Waals surface area contributed by atoms with Gasteiger partial charge in [0.1, 0.15) is 17.7 Å². The molecule has 1 fully saturated rings. The van der Waals surface area contributed by atoms with Crippen molar-refractivity contribution in [2.75, 3.05) is 50.1 Å². The Hall–Kier alpha value is -2.62. The van der Waals surface area contributed by atoms with Crippen LogP contribution in [0, 0.1) is 11.3 Å². The van der Waals surface area contributed by atoms with Gasteiger partial charge in [-0.05, 0) is 24.6 Å². The summed E-state index contributed by atoms with van der Waals surface area (Å²) in [6.45, 7) is 5.41. The summed E-state index contributed by atoms with van der Waals surface area (Å²) in [6, 6.07) is 12.8. The van der Waals surface area contributed by atoms with E-state index in [0.717, 1.165) is 67.5 Å². The minimum absolute atomic E-state index is 0.680. The maximum Gasteiger partial charge on any atom is 0.149 e. The number of nitrogens with one attached hydrogen (secondary N) is 1. The maximum absolute atomic E-state index is 9.89. The van der Waals surface area contributed by atoms with Gasteiger partial charge in [0.2, 0.25) is 0 Å². The second kappa shape index (κ2) is 7.95.